The highest BCUT2D eigenvalue weighted by Gasteiger charge is 2.05. The van der Waals surface area contributed by atoms with Gasteiger partial charge in [-0.3, -0.25) is 0 Å². The highest BCUT2D eigenvalue weighted by molar-refractivity contribution is 5.42. The van der Waals surface area contributed by atoms with Crippen molar-refractivity contribution >= 4 is 5.88 Å². The number of aryl methyl sites for hydroxylation is 1. The molecule has 0 atom stereocenters. The van der Waals surface area contributed by atoms with E-state index < -0.39 is 0 Å². The van der Waals surface area contributed by atoms with Crippen molar-refractivity contribution < 1.29 is 4.42 Å². The summed E-state index contributed by atoms with van der Waals surface area (Å²) >= 11 is 0. The van der Waals surface area contributed by atoms with Crippen LogP contribution in [0.5, 0.6) is 0 Å². The Morgan fingerprint density at radius 2 is 2.10 bits per heavy atom. The quantitative estimate of drug-likeness (QED) is 0.680. The lowest BCUT2D eigenvalue weighted by molar-refractivity contribution is 0.582. The van der Waals surface area contributed by atoms with Crippen LogP contribution < -0.4 is 5.73 Å². The number of rotatable bonds is 2. The van der Waals surface area contributed by atoms with Gasteiger partial charge in [0.25, 0.3) is 0 Å². The standard InChI is InChI=1S/C8H13NO/c1-3-6-5-10-8(9)7(6)4-2/h5H,3-4,9H2,1-2H3. The van der Waals surface area contributed by atoms with Crippen molar-refractivity contribution in [2.45, 2.75) is 26.7 Å². The van der Waals surface area contributed by atoms with E-state index in [-0.39, 0.29) is 0 Å². The molecule has 1 rings (SSSR count). The molecule has 0 unspecified atom stereocenters. The van der Waals surface area contributed by atoms with Gasteiger partial charge in [-0.2, -0.15) is 0 Å². The van der Waals surface area contributed by atoms with Gasteiger partial charge in [0.2, 0.25) is 0 Å². The molecule has 0 saturated carbocycles. The van der Waals surface area contributed by atoms with E-state index in [1.165, 1.54) is 11.1 Å². The van der Waals surface area contributed by atoms with Gasteiger partial charge in [0, 0.05) is 5.56 Å². The van der Waals surface area contributed by atoms with Crippen LogP contribution in [-0.2, 0) is 12.8 Å². The molecule has 0 aliphatic carbocycles. The molecule has 56 valence electrons. The fraction of sp³-hybridized carbons (Fsp3) is 0.500. The molecule has 0 saturated heterocycles. The van der Waals surface area contributed by atoms with Crippen LogP contribution in [0.1, 0.15) is 25.0 Å². The van der Waals surface area contributed by atoms with Gasteiger partial charge in [0.15, 0.2) is 5.88 Å². The van der Waals surface area contributed by atoms with Crippen LogP contribution >= 0.6 is 0 Å². The summed E-state index contributed by atoms with van der Waals surface area (Å²) in [5.41, 5.74) is 7.97. The van der Waals surface area contributed by atoms with Gasteiger partial charge in [-0.05, 0) is 18.4 Å². The average Bonchev–Trinajstić information content (AvgIpc) is 2.30. The summed E-state index contributed by atoms with van der Waals surface area (Å²) in [6, 6.07) is 0. The number of hydrogen-bond donors (Lipinski definition) is 1. The molecule has 10 heavy (non-hydrogen) atoms. The Labute approximate surface area is 61.0 Å². The average molecular weight is 139 g/mol. The van der Waals surface area contributed by atoms with Crippen LogP contribution in [0.25, 0.3) is 0 Å². The molecule has 0 aromatic carbocycles. The van der Waals surface area contributed by atoms with Crippen LogP contribution in [0.3, 0.4) is 0 Å². The Balaban J connectivity index is 3.01. The van der Waals surface area contributed by atoms with E-state index in [0.29, 0.717) is 5.88 Å². The molecule has 0 radical (unpaired) electrons. The number of nitrogens with two attached hydrogens (primary N) is 1. The number of nitrogen functional groups attached to an aromatic ring is 1. The molecule has 1 aromatic heterocycles. The Bertz CT molecular complexity index is 215. The third-order valence-corrected chi connectivity index (χ3v) is 1.75. The molecule has 0 bridgehead atoms. The first kappa shape index (κ1) is 7.19. The van der Waals surface area contributed by atoms with E-state index in [1.54, 1.807) is 6.26 Å². The third kappa shape index (κ3) is 1.01. The molecule has 2 N–H and O–H groups in total. The second-order valence-corrected chi connectivity index (χ2v) is 2.31. The van der Waals surface area contributed by atoms with Crippen LogP contribution in [0.2, 0.25) is 0 Å². The minimum Gasteiger partial charge on any atom is -0.449 e. The lowest BCUT2D eigenvalue weighted by Gasteiger charge is -1.94. The maximum atomic E-state index is 5.56. The van der Waals surface area contributed by atoms with E-state index >= 15 is 0 Å². The SMILES string of the molecule is CCc1coc(N)c1CC. The van der Waals surface area contributed by atoms with Crippen molar-refractivity contribution in [2.75, 3.05) is 5.73 Å². The van der Waals surface area contributed by atoms with Crippen LogP contribution in [0.4, 0.5) is 5.88 Å². The zero-order valence-corrected chi connectivity index (χ0v) is 6.48. The van der Waals surface area contributed by atoms with Crippen LogP contribution in [0.15, 0.2) is 10.7 Å². The Hall–Kier alpha value is -0.920. The minimum absolute atomic E-state index is 0.583. The first-order valence-corrected chi connectivity index (χ1v) is 3.64. The molecule has 0 spiro atoms. The number of furan rings is 1. The summed E-state index contributed by atoms with van der Waals surface area (Å²) < 4.78 is 5.06. The lowest BCUT2D eigenvalue weighted by Crippen LogP contribution is -1.90. The first-order chi connectivity index (χ1) is 4.79. The van der Waals surface area contributed by atoms with Gasteiger partial charge < -0.3 is 10.2 Å². The van der Waals surface area contributed by atoms with Crippen molar-refractivity contribution in [3.8, 4) is 0 Å². The maximum Gasteiger partial charge on any atom is 0.193 e. The molecule has 1 aromatic rings. The number of hydrogen-bond acceptors (Lipinski definition) is 2. The largest absolute Gasteiger partial charge is 0.449 e. The highest BCUT2D eigenvalue weighted by atomic mass is 16.3. The predicted molar refractivity (Wildman–Crippen MR) is 41.9 cm³/mol. The molecule has 0 fully saturated rings. The van der Waals surface area contributed by atoms with Gasteiger partial charge in [-0.15, -0.1) is 0 Å². The monoisotopic (exact) mass is 139 g/mol. The molecule has 2 nitrogen and oxygen atoms in total. The smallest absolute Gasteiger partial charge is 0.193 e. The van der Waals surface area contributed by atoms with E-state index in [4.69, 9.17) is 10.2 Å². The minimum atomic E-state index is 0.583. The van der Waals surface area contributed by atoms with E-state index in [9.17, 15) is 0 Å². The second kappa shape index (κ2) is 2.78. The van der Waals surface area contributed by atoms with Crippen molar-refractivity contribution in [3.63, 3.8) is 0 Å². The van der Waals surface area contributed by atoms with Gasteiger partial charge >= 0.3 is 0 Å². The number of anilines is 1. The molecular weight excluding hydrogens is 126 g/mol. The van der Waals surface area contributed by atoms with Gasteiger partial charge in [-0.25, -0.2) is 0 Å². The molecule has 1 heterocycles. The molecular formula is C8H13NO. The fourth-order valence-corrected chi connectivity index (χ4v) is 1.13. The zero-order valence-electron chi connectivity index (χ0n) is 6.48. The van der Waals surface area contributed by atoms with Gasteiger partial charge in [0.1, 0.15) is 0 Å². The molecule has 0 amide bonds. The fourth-order valence-electron chi connectivity index (χ4n) is 1.13. The van der Waals surface area contributed by atoms with E-state index in [0.717, 1.165) is 12.8 Å². The maximum absolute atomic E-state index is 5.56. The van der Waals surface area contributed by atoms with Crippen molar-refractivity contribution in [3.05, 3.63) is 17.4 Å². The van der Waals surface area contributed by atoms with Crippen molar-refractivity contribution in [1.82, 2.24) is 0 Å². The van der Waals surface area contributed by atoms with Crippen LogP contribution in [0, 0.1) is 0 Å². The summed E-state index contributed by atoms with van der Waals surface area (Å²) in [4.78, 5) is 0. The van der Waals surface area contributed by atoms with Crippen molar-refractivity contribution in [1.29, 1.82) is 0 Å². The molecule has 0 aliphatic rings. The van der Waals surface area contributed by atoms with E-state index in [2.05, 4.69) is 13.8 Å². The van der Waals surface area contributed by atoms with Gasteiger partial charge in [-0.1, -0.05) is 13.8 Å². The van der Waals surface area contributed by atoms with Gasteiger partial charge in [0.05, 0.1) is 6.26 Å². The third-order valence-electron chi connectivity index (χ3n) is 1.75. The normalized spacial score (nSPS) is 10.2. The summed E-state index contributed by atoms with van der Waals surface area (Å²) in [5.74, 6) is 0.583. The summed E-state index contributed by atoms with van der Waals surface area (Å²) in [7, 11) is 0. The van der Waals surface area contributed by atoms with Crippen LogP contribution in [-0.4, -0.2) is 0 Å². The second-order valence-electron chi connectivity index (χ2n) is 2.31. The predicted octanol–water partition coefficient (Wildman–Crippen LogP) is 1.99. The Morgan fingerprint density at radius 3 is 2.50 bits per heavy atom. The highest BCUT2D eigenvalue weighted by Crippen LogP contribution is 2.19. The van der Waals surface area contributed by atoms with Crippen molar-refractivity contribution in [2.24, 2.45) is 0 Å². The first-order valence-electron chi connectivity index (χ1n) is 3.64. The molecule has 0 aliphatic heterocycles. The summed E-state index contributed by atoms with van der Waals surface area (Å²) in [6.07, 6.45) is 3.71. The lowest BCUT2D eigenvalue weighted by atomic mass is 10.1. The molecule has 2 heteroatoms. The van der Waals surface area contributed by atoms with E-state index in [1.807, 2.05) is 0 Å². The zero-order chi connectivity index (χ0) is 7.56. The Morgan fingerprint density at radius 1 is 1.40 bits per heavy atom. The summed E-state index contributed by atoms with van der Waals surface area (Å²) in [6.45, 7) is 4.18. The topological polar surface area (TPSA) is 39.2 Å². The summed E-state index contributed by atoms with van der Waals surface area (Å²) in [5, 5.41) is 0. The Kier molecular flexibility index (Phi) is 2.00.